The molecule has 0 rings (SSSR count). The number of rotatable bonds is 5. The quantitative estimate of drug-likeness (QED) is 0.517. The van der Waals surface area contributed by atoms with E-state index in [0.29, 0.717) is 0 Å². The maximum absolute atomic E-state index is 12.0. The standard InChI is InChI=1S/C12H20N2O3S/c1-6(2)12(5,11(13)18)14-9(15)7(3)8(4)10(16)17/h6H,1-5H3,(H2,13,18)(H,14,15)(H,16,17). The Morgan fingerprint density at radius 2 is 1.72 bits per heavy atom. The molecule has 0 saturated heterocycles. The van der Waals surface area contributed by atoms with Crippen LogP contribution < -0.4 is 11.1 Å². The van der Waals surface area contributed by atoms with Crippen LogP contribution in [0.25, 0.3) is 0 Å². The fourth-order valence-electron chi connectivity index (χ4n) is 1.15. The van der Waals surface area contributed by atoms with Crippen molar-refractivity contribution in [1.29, 1.82) is 0 Å². The number of thiocarbonyl (C=S) groups is 1. The summed E-state index contributed by atoms with van der Waals surface area (Å²) in [6, 6.07) is 0. The Labute approximate surface area is 112 Å². The number of carboxylic acid groups (broad SMARTS) is 1. The lowest BCUT2D eigenvalue weighted by Crippen LogP contribution is -2.58. The number of hydrogen-bond acceptors (Lipinski definition) is 3. The van der Waals surface area contributed by atoms with E-state index in [-0.39, 0.29) is 22.1 Å². The zero-order chi connectivity index (χ0) is 14.7. The summed E-state index contributed by atoms with van der Waals surface area (Å²) in [5, 5.41) is 11.5. The van der Waals surface area contributed by atoms with Crippen molar-refractivity contribution in [3.8, 4) is 0 Å². The van der Waals surface area contributed by atoms with Crippen molar-refractivity contribution >= 4 is 29.1 Å². The largest absolute Gasteiger partial charge is 0.478 e. The van der Waals surface area contributed by atoms with Gasteiger partial charge in [-0.3, -0.25) is 4.79 Å². The highest BCUT2D eigenvalue weighted by Crippen LogP contribution is 2.18. The Morgan fingerprint density at radius 1 is 1.28 bits per heavy atom. The van der Waals surface area contributed by atoms with E-state index in [4.69, 9.17) is 23.1 Å². The minimum absolute atomic E-state index is 0.00143. The van der Waals surface area contributed by atoms with Gasteiger partial charge in [-0.05, 0) is 26.7 Å². The molecule has 0 radical (unpaired) electrons. The number of nitrogens with one attached hydrogen (secondary N) is 1. The summed E-state index contributed by atoms with van der Waals surface area (Å²) in [7, 11) is 0. The van der Waals surface area contributed by atoms with Crippen molar-refractivity contribution in [1.82, 2.24) is 5.32 Å². The van der Waals surface area contributed by atoms with Crippen LogP contribution in [0.5, 0.6) is 0 Å². The van der Waals surface area contributed by atoms with E-state index < -0.39 is 17.4 Å². The first kappa shape index (κ1) is 16.6. The van der Waals surface area contributed by atoms with E-state index in [1.54, 1.807) is 6.92 Å². The molecule has 1 unspecified atom stereocenters. The van der Waals surface area contributed by atoms with E-state index in [2.05, 4.69) is 5.32 Å². The number of carbonyl (C=O) groups is 2. The third-order valence-corrected chi connectivity index (χ3v) is 3.69. The molecular formula is C12H20N2O3S. The molecule has 1 atom stereocenters. The minimum atomic E-state index is -1.12. The SMILES string of the molecule is CC(C(=O)O)=C(C)C(=O)NC(C)(C(N)=S)C(C)C. The molecule has 0 fully saturated rings. The molecule has 102 valence electrons. The van der Waals surface area contributed by atoms with Crippen molar-refractivity contribution in [2.24, 2.45) is 11.7 Å². The van der Waals surface area contributed by atoms with Crippen LogP contribution in [0.3, 0.4) is 0 Å². The van der Waals surface area contributed by atoms with Gasteiger partial charge in [0.25, 0.3) is 0 Å². The van der Waals surface area contributed by atoms with Crippen LogP contribution in [0.1, 0.15) is 34.6 Å². The Kier molecular flexibility index (Phi) is 5.48. The number of nitrogens with two attached hydrogens (primary N) is 1. The second-order valence-electron chi connectivity index (χ2n) is 4.73. The van der Waals surface area contributed by atoms with Crippen LogP contribution in [-0.2, 0) is 9.59 Å². The van der Waals surface area contributed by atoms with E-state index in [9.17, 15) is 9.59 Å². The van der Waals surface area contributed by atoms with E-state index >= 15 is 0 Å². The van der Waals surface area contributed by atoms with Gasteiger partial charge >= 0.3 is 5.97 Å². The highest BCUT2D eigenvalue weighted by Gasteiger charge is 2.34. The number of aliphatic carboxylic acids is 1. The third-order valence-electron chi connectivity index (χ3n) is 3.26. The Morgan fingerprint density at radius 3 is 2.00 bits per heavy atom. The maximum atomic E-state index is 12.0. The van der Waals surface area contributed by atoms with Crippen LogP contribution in [0.4, 0.5) is 0 Å². The number of hydrogen-bond donors (Lipinski definition) is 3. The van der Waals surface area contributed by atoms with Crippen molar-refractivity contribution in [3.05, 3.63) is 11.1 Å². The molecule has 0 aromatic heterocycles. The summed E-state index contributed by atoms with van der Waals surface area (Å²) < 4.78 is 0. The molecule has 0 saturated carbocycles. The number of amides is 1. The smallest absolute Gasteiger partial charge is 0.331 e. The van der Waals surface area contributed by atoms with Gasteiger partial charge in [-0.15, -0.1) is 0 Å². The first-order valence-electron chi connectivity index (χ1n) is 5.57. The van der Waals surface area contributed by atoms with Gasteiger partial charge in [0.15, 0.2) is 0 Å². The fraction of sp³-hybridized carbons (Fsp3) is 0.583. The molecule has 0 bridgehead atoms. The molecule has 0 aromatic rings. The van der Waals surface area contributed by atoms with Gasteiger partial charge in [0.2, 0.25) is 5.91 Å². The predicted molar refractivity (Wildman–Crippen MR) is 74.2 cm³/mol. The highest BCUT2D eigenvalue weighted by molar-refractivity contribution is 7.80. The third kappa shape index (κ3) is 3.53. The van der Waals surface area contributed by atoms with Crippen LogP contribution in [0.15, 0.2) is 11.1 Å². The van der Waals surface area contributed by atoms with Gasteiger partial charge in [0, 0.05) is 11.1 Å². The van der Waals surface area contributed by atoms with Crippen LogP contribution in [0, 0.1) is 5.92 Å². The lowest BCUT2D eigenvalue weighted by Gasteiger charge is -2.34. The van der Waals surface area contributed by atoms with Crippen molar-refractivity contribution in [2.45, 2.75) is 40.2 Å². The zero-order valence-corrected chi connectivity index (χ0v) is 12.1. The Balaban J connectivity index is 5.23. The molecule has 0 spiro atoms. The fourth-order valence-corrected chi connectivity index (χ4v) is 1.44. The molecule has 18 heavy (non-hydrogen) atoms. The molecule has 5 nitrogen and oxygen atoms in total. The summed E-state index contributed by atoms with van der Waals surface area (Å²) in [4.78, 5) is 22.9. The Bertz CT molecular complexity index is 416. The summed E-state index contributed by atoms with van der Waals surface area (Å²) in [5.74, 6) is -1.60. The number of carbonyl (C=O) groups excluding carboxylic acids is 1. The monoisotopic (exact) mass is 272 g/mol. The molecule has 0 aliphatic carbocycles. The first-order valence-corrected chi connectivity index (χ1v) is 5.98. The lowest BCUT2D eigenvalue weighted by molar-refractivity contribution is -0.133. The van der Waals surface area contributed by atoms with Gasteiger partial charge in [-0.25, -0.2) is 4.79 Å². The lowest BCUT2D eigenvalue weighted by atomic mass is 9.88. The molecule has 1 amide bonds. The average Bonchev–Trinajstić information content (AvgIpc) is 2.25. The van der Waals surface area contributed by atoms with Gasteiger partial charge in [0.1, 0.15) is 0 Å². The molecular weight excluding hydrogens is 252 g/mol. The molecule has 0 aromatic carbocycles. The van der Waals surface area contributed by atoms with Gasteiger partial charge in [0.05, 0.1) is 10.5 Å². The second-order valence-corrected chi connectivity index (χ2v) is 5.17. The number of carboxylic acids is 1. The van der Waals surface area contributed by atoms with Gasteiger partial charge in [-0.1, -0.05) is 26.1 Å². The first-order chi connectivity index (χ1) is 8.04. The second kappa shape index (κ2) is 5.95. The summed E-state index contributed by atoms with van der Waals surface area (Å²) in [5.41, 5.74) is 4.95. The van der Waals surface area contributed by atoms with Crippen LogP contribution >= 0.6 is 12.2 Å². The minimum Gasteiger partial charge on any atom is -0.478 e. The molecule has 6 heteroatoms. The van der Waals surface area contributed by atoms with E-state index in [1.165, 1.54) is 13.8 Å². The Hall–Kier alpha value is -1.43. The highest BCUT2D eigenvalue weighted by atomic mass is 32.1. The van der Waals surface area contributed by atoms with E-state index in [1.807, 2.05) is 13.8 Å². The summed E-state index contributed by atoms with van der Waals surface area (Å²) >= 11 is 4.96. The van der Waals surface area contributed by atoms with E-state index in [0.717, 1.165) is 0 Å². The van der Waals surface area contributed by atoms with Crippen molar-refractivity contribution in [3.63, 3.8) is 0 Å². The summed E-state index contributed by atoms with van der Waals surface area (Å²) in [6.07, 6.45) is 0. The molecule has 0 aliphatic rings. The van der Waals surface area contributed by atoms with Gasteiger partial charge in [-0.2, -0.15) is 0 Å². The maximum Gasteiger partial charge on any atom is 0.331 e. The summed E-state index contributed by atoms with van der Waals surface area (Å²) in [6.45, 7) is 8.32. The van der Waals surface area contributed by atoms with Crippen LogP contribution in [-0.4, -0.2) is 27.5 Å². The topological polar surface area (TPSA) is 92.4 Å². The molecule has 0 aliphatic heterocycles. The molecule has 4 N–H and O–H groups in total. The normalized spacial score (nSPS) is 15.7. The zero-order valence-electron chi connectivity index (χ0n) is 11.3. The van der Waals surface area contributed by atoms with Gasteiger partial charge < -0.3 is 16.2 Å². The van der Waals surface area contributed by atoms with Crippen molar-refractivity contribution < 1.29 is 14.7 Å². The van der Waals surface area contributed by atoms with Crippen LogP contribution in [0.2, 0.25) is 0 Å². The van der Waals surface area contributed by atoms with Crippen molar-refractivity contribution in [2.75, 3.05) is 0 Å². The predicted octanol–water partition coefficient (Wildman–Crippen LogP) is 1.22. The molecule has 0 heterocycles. The average molecular weight is 272 g/mol.